The summed E-state index contributed by atoms with van der Waals surface area (Å²) < 4.78 is 14.6. The van der Waals surface area contributed by atoms with Gasteiger partial charge in [-0.15, -0.1) is 0 Å². The van der Waals surface area contributed by atoms with Crippen LogP contribution in [0.1, 0.15) is 41.3 Å². The lowest BCUT2D eigenvalue weighted by Gasteiger charge is -2.23. The van der Waals surface area contributed by atoms with Gasteiger partial charge < -0.3 is 22.1 Å². The molecule has 0 spiro atoms. The molecule has 0 radical (unpaired) electrons. The third-order valence-electron chi connectivity index (χ3n) is 5.01. The molecular formula is C20H26FN5O. The van der Waals surface area contributed by atoms with Gasteiger partial charge in [-0.1, -0.05) is 6.07 Å². The van der Waals surface area contributed by atoms with E-state index in [0.717, 1.165) is 35.7 Å². The standard InChI is InChI=1S/C20H26FN5O/c1-10-4-7-14(8-11(10)2)24-19-15(18(23)27)9-16(21)20(26-19)25-17(12(3)22)13-5-6-13/h4,7-9,12-13,17H,5-6,22H2,1-3H3,(H2,23,27)(H2,24,25,26)/t12-,17-/m0/s1. The number of rotatable bonds is 7. The van der Waals surface area contributed by atoms with Crippen LogP contribution in [0.4, 0.5) is 21.7 Å². The molecule has 2 aromatic rings. The van der Waals surface area contributed by atoms with E-state index < -0.39 is 11.7 Å². The van der Waals surface area contributed by atoms with Gasteiger partial charge in [-0.05, 0) is 68.9 Å². The van der Waals surface area contributed by atoms with Gasteiger partial charge in [0.25, 0.3) is 5.91 Å². The lowest BCUT2D eigenvalue weighted by atomic mass is 10.1. The number of primary amides is 1. The van der Waals surface area contributed by atoms with Gasteiger partial charge in [0, 0.05) is 17.8 Å². The first-order valence-corrected chi connectivity index (χ1v) is 9.13. The molecule has 3 rings (SSSR count). The van der Waals surface area contributed by atoms with E-state index in [1.54, 1.807) is 0 Å². The van der Waals surface area contributed by atoms with Crippen LogP contribution in [-0.2, 0) is 0 Å². The Morgan fingerprint density at radius 1 is 1.22 bits per heavy atom. The highest BCUT2D eigenvalue weighted by atomic mass is 19.1. The molecule has 1 aromatic heterocycles. The molecule has 1 amide bonds. The average molecular weight is 371 g/mol. The van der Waals surface area contributed by atoms with Crippen LogP contribution in [-0.4, -0.2) is 23.0 Å². The first-order valence-electron chi connectivity index (χ1n) is 9.13. The molecular weight excluding hydrogens is 345 g/mol. The number of nitrogens with one attached hydrogen (secondary N) is 2. The molecule has 0 aliphatic heterocycles. The molecule has 144 valence electrons. The van der Waals surface area contributed by atoms with Gasteiger partial charge in [0.05, 0.1) is 5.56 Å². The van der Waals surface area contributed by atoms with E-state index in [-0.39, 0.29) is 29.3 Å². The zero-order chi connectivity index (χ0) is 19.7. The summed E-state index contributed by atoms with van der Waals surface area (Å²) in [6.07, 6.45) is 2.13. The van der Waals surface area contributed by atoms with Crippen molar-refractivity contribution in [3.05, 3.63) is 46.8 Å². The molecule has 27 heavy (non-hydrogen) atoms. The highest BCUT2D eigenvalue weighted by Gasteiger charge is 2.34. The number of nitrogens with two attached hydrogens (primary N) is 2. The highest BCUT2D eigenvalue weighted by Crippen LogP contribution is 2.36. The molecule has 6 nitrogen and oxygen atoms in total. The zero-order valence-electron chi connectivity index (χ0n) is 15.8. The minimum atomic E-state index is -0.745. The lowest BCUT2D eigenvalue weighted by Crippen LogP contribution is -2.40. The molecule has 1 aliphatic carbocycles. The maximum Gasteiger partial charge on any atom is 0.252 e. The topological polar surface area (TPSA) is 106 Å². The molecule has 0 saturated heterocycles. The number of pyridine rings is 1. The van der Waals surface area contributed by atoms with Crippen LogP contribution in [0.15, 0.2) is 24.3 Å². The van der Waals surface area contributed by atoms with Crippen LogP contribution in [0.3, 0.4) is 0 Å². The van der Waals surface area contributed by atoms with Crippen molar-refractivity contribution in [3.63, 3.8) is 0 Å². The molecule has 0 unspecified atom stereocenters. The number of nitrogens with zero attached hydrogens (tertiary/aromatic N) is 1. The smallest absolute Gasteiger partial charge is 0.252 e. The molecule has 1 aliphatic rings. The Morgan fingerprint density at radius 2 is 1.93 bits per heavy atom. The second-order valence-corrected chi connectivity index (χ2v) is 7.37. The number of hydrogen-bond donors (Lipinski definition) is 4. The zero-order valence-corrected chi connectivity index (χ0v) is 15.8. The van der Waals surface area contributed by atoms with Crippen LogP contribution in [0.2, 0.25) is 0 Å². The summed E-state index contributed by atoms with van der Waals surface area (Å²) >= 11 is 0. The number of amides is 1. The quantitative estimate of drug-likeness (QED) is 0.598. The van der Waals surface area contributed by atoms with E-state index in [2.05, 4.69) is 15.6 Å². The van der Waals surface area contributed by atoms with Gasteiger partial charge in [0.15, 0.2) is 11.6 Å². The fourth-order valence-electron chi connectivity index (χ4n) is 3.12. The van der Waals surface area contributed by atoms with E-state index >= 15 is 0 Å². The first kappa shape index (κ1) is 19.1. The summed E-state index contributed by atoms with van der Waals surface area (Å²) in [4.78, 5) is 16.1. The molecule has 1 heterocycles. The number of hydrogen-bond acceptors (Lipinski definition) is 5. The van der Waals surface area contributed by atoms with Crippen LogP contribution >= 0.6 is 0 Å². The number of carbonyl (C=O) groups excluding carboxylic acids is 1. The maximum atomic E-state index is 14.6. The van der Waals surface area contributed by atoms with Crippen LogP contribution in [0, 0.1) is 25.6 Å². The summed E-state index contributed by atoms with van der Waals surface area (Å²) in [5.41, 5.74) is 14.5. The lowest BCUT2D eigenvalue weighted by molar-refractivity contribution is 0.100. The Kier molecular flexibility index (Phi) is 5.32. The number of aromatic nitrogens is 1. The number of aryl methyl sites for hydroxylation is 2. The Hall–Kier alpha value is -2.67. The molecule has 2 atom stereocenters. The largest absolute Gasteiger partial charge is 0.365 e. The summed E-state index contributed by atoms with van der Waals surface area (Å²) in [5.74, 6) is -0.668. The second-order valence-electron chi connectivity index (χ2n) is 7.37. The predicted molar refractivity (Wildman–Crippen MR) is 106 cm³/mol. The number of halogens is 1. The minimum absolute atomic E-state index is 0.0000435. The number of anilines is 3. The third-order valence-corrected chi connectivity index (χ3v) is 5.01. The summed E-state index contributed by atoms with van der Waals surface area (Å²) in [6.45, 7) is 5.89. The fourth-order valence-corrected chi connectivity index (χ4v) is 3.12. The third kappa shape index (κ3) is 4.36. The van der Waals surface area contributed by atoms with Crippen molar-refractivity contribution in [2.45, 2.75) is 45.7 Å². The van der Waals surface area contributed by atoms with Crippen molar-refractivity contribution in [2.75, 3.05) is 10.6 Å². The summed E-state index contributed by atoms with van der Waals surface area (Å²) in [7, 11) is 0. The average Bonchev–Trinajstić information content (AvgIpc) is 3.42. The predicted octanol–water partition coefficient (Wildman–Crippen LogP) is 3.22. The van der Waals surface area contributed by atoms with Crippen molar-refractivity contribution in [1.82, 2.24) is 4.98 Å². The van der Waals surface area contributed by atoms with E-state index in [1.807, 2.05) is 39.0 Å². The molecule has 0 bridgehead atoms. The number of carbonyl (C=O) groups is 1. The molecule has 1 aromatic carbocycles. The Morgan fingerprint density at radius 3 is 2.48 bits per heavy atom. The maximum absolute atomic E-state index is 14.6. The van der Waals surface area contributed by atoms with E-state index in [4.69, 9.17) is 11.5 Å². The van der Waals surface area contributed by atoms with Gasteiger partial charge in [0.1, 0.15) is 5.82 Å². The van der Waals surface area contributed by atoms with Crippen molar-refractivity contribution < 1.29 is 9.18 Å². The molecule has 1 fully saturated rings. The van der Waals surface area contributed by atoms with Crippen LogP contribution in [0.25, 0.3) is 0 Å². The summed E-state index contributed by atoms with van der Waals surface area (Å²) in [6, 6.07) is 6.68. The van der Waals surface area contributed by atoms with Gasteiger partial charge in [-0.25, -0.2) is 9.37 Å². The first-order chi connectivity index (χ1) is 12.8. The van der Waals surface area contributed by atoms with E-state index in [1.165, 1.54) is 0 Å². The van der Waals surface area contributed by atoms with Gasteiger partial charge in [0.2, 0.25) is 0 Å². The minimum Gasteiger partial charge on any atom is -0.365 e. The van der Waals surface area contributed by atoms with Crippen molar-refractivity contribution in [1.29, 1.82) is 0 Å². The van der Waals surface area contributed by atoms with Gasteiger partial charge >= 0.3 is 0 Å². The Balaban J connectivity index is 1.95. The van der Waals surface area contributed by atoms with Crippen molar-refractivity contribution >= 4 is 23.2 Å². The number of benzene rings is 1. The van der Waals surface area contributed by atoms with Crippen molar-refractivity contribution in [3.8, 4) is 0 Å². The Bertz CT molecular complexity index is 862. The fraction of sp³-hybridized carbons (Fsp3) is 0.400. The summed E-state index contributed by atoms with van der Waals surface area (Å²) in [5, 5.41) is 6.21. The monoisotopic (exact) mass is 371 g/mol. The molecule has 1 saturated carbocycles. The van der Waals surface area contributed by atoms with Gasteiger partial charge in [-0.2, -0.15) is 0 Å². The normalized spacial score (nSPS) is 15.9. The van der Waals surface area contributed by atoms with Gasteiger partial charge in [-0.3, -0.25) is 4.79 Å². The molecule has 6 N–H and O–H groups in total. The Labute approximate surface area is 158 Å². The van der Waals surface area contributed by atoms with E-state index in [9.17, 15) is 9.18 Å². The second kappa shape index (κ2) is 7.52. The van der Waals surface area contributed by atoms with Crippen LogP contribution < -0.4 is 22.1 Å². The molecule has 7 heteroatoms. The van der Waals surface area contributed by atoms with Crippen LogP contribution in [0.5, 0.6) is 0 Å². The highest BCUT2D eigenvalue weighted by molar-refractivity contribution is 5.98. The van der Waals surface area contributed by atoms with E-state index in [0.29, 0.717) is 5.92 Å². The SMILES string of the molecule is Cc1ccc(Nc2nc(N[C@H](C3CC3)[C@H](C)N)c(F)cc2C(N)=O)cc1C. The van der Waals surface area contributed by atoms with Crippen molar-refractivity contribution in [2.24, 2.45) is 17.4 Å².